The van der Waals surface area contributed by atoms with Crippen molar-refractivity contribution in [3.8, 4) is 5.75 Å². The first kappa shape index (κ1) is 21.0. The Morgan fingerprint density at radius 3 is 2.68 bits per heavy atom. The standard InChI is InChI=1S/C19H12ClN3O6S2/c20-13-1-6-16-11(8-13)7-12(10-29-16)18(24)22-19-21-9-17(30-19)31(27,28)15-4-2-14(3-5-15)23(25)26/h1-9H,10H2,(H,21,22,24). The Bertz CT molecular complexity index is 1330. The highest BCUT2D eigenvalue weighted by Gasteiger charge is 2.24. The van der Waals surface area contributed by atoms with Crippen LogP contribution in [0, 0.1) is 10.1 Å². The average molecular weight is 478 g/mol. The number of carbonyl (C=O) groups is 1. The lowest BCUT2D eigenvalue weighted by Gasteiger charge is -2.17. The Kier molecular flexibility index (Phi) is 5.48. The Labute approximate surface area is 185 Å². The van der Waals surface area contributed by atoms with Crippen molar-refractivity contribution in [2.75, 3.05) is 11.9 Å². The second-order valence-electron chi connectivity index (χ2n) is 6.33. The average Bonchev–Trinajstić information content (AvgIpc) is 3.22. The third-order valence-electron chi connectivity index (χ3n) is 4.30. The number of aromatic nitrogens is 1. The molecule has 2 heterocycles. The summed E-state index contributed by atoms with van der Waals surface area (Å²) in [6.07, 6.45) is 2.76. The zero-order chi connectivity index (χ0) is 22.2. The second-order valence-corrected chi connectivity index (χ2v) is 9.98. The number of ether oxygens (including phenoxy) is 1. The maximum atomic E-state index is 12.7. The lowest BCUT2D eigenvalue weighted by atomic mass is 10.1. The van der Waals surface area contributed by atoms with Crippen LogP contribution in [0.15, 0.2) is 63.3 Å². The number of non-ortho nitro benzene ring substituents is 1. The van der Waals surface area contributed by atoms with Crippen LogP contribution in [-0.4, -0.2) is 30.8 Å². The first-order valence-corrected chi connectivity index (χ1v) is 11.3. The van der Waals surface area contributed by atoms with Crippen LogP contribution < -0.4 is 10.1 Å². The van der Waals surface area contributed by atoms with Gasteiger partial charge in [-0.15, -0.1) is 0 Å². The molecule has 31 heavy (non-hydrogen) atoms. The van der Waals surface area contributed by atoms with E-state index in [0.717, 1.165) is 41.8 Å². The molecule has 0 saturated carbocycles. The number of sulfone groups is 1. The number of nitrogens with one attached hydrogen (secondary N) is 1. The second kappa shape index (κ2) is 8.10. The molecule has 0 saturated heterocycles. The SMILES string of the molecule is O=C(Nc1ncc(S(=O)(=O)c2ccc([N+](=O)[O-])cc2)s1)C1=Cc2cc(Cl)ccc2OC1. The molecule has 1 N–H and O–H groups in total. The summed E-state index contributed by atoms with van der Waals surface area (Å²) in [6.45, 7) is 0.0415. The Hall–Kier alpha value is -3.28. The summed E-state index contributed by atoms with van der Waals surface area (Å²) in [5.74, 6) is 0.117. The van der Waals surface area contributed by atoms with Gasteiger partial charge in [-0.3, -0.25) is 20.2 Å². The van der Waals surface area contributed by atoms with Gasteiger partial charge in [-0.2, -0.15) is 0 Å². The van der Waals surface area contributed by atoms with Crippen molar-refractivity contribution < 1.29 is 22.9 Å². The normalized spacial score (nSPS) is 13.0. The monoisotopic (exact) mass is 477 g/mol. The van der Waals surface area contributed by atoms with E-state index >= 15 is 0 Å². The van der Waals surface area contributed by atoms with E-state index in [2.05, 4.69) is 10.3 Å². The summed E-state index contributed by atoms with van der Waals surface area (Å²) in [5, 5.41) is 13.9. The summed E-state index contributed by atoms with van der Waals surface area (Å²) in [7, 11) is -3.94. The number of hydrogen-bond donors (Lipinski definition) is 1. The molecule has 0 unspecified atom stereocenters. The minimum Gasteiger partial charge on any atom is -0.488 e. The van der Waals surface area contributed by atoms with Gasteiger partial charge >= 0.3 is 0 Å². The number of benzene rings is 2. The Morgan fingerprint density at radius 1 is 1.23 bits per heavy atom. The fourth-order valence-electron chi connectivity index (χ4n) is 2.76. The van der Waals surface area contributed by atoms with Crippen molar-refractivity contribution >= 4 is 55.6 Å². The quantitative estimate of drug-likeness (QED) is 0.435. The van der Waals surface area contributed by atoms with E-state index in [1.165, 1.54) is 0 Å². The lowest BCUT2D eigenvalue weighted by Crippen LogP contribution is -2.21. The number of halogens is 1. The van der Waals surface area contributed by atoms with Gasteiger partial charge in [-0.1, -0.05) is 22.9 Å². The third-order valence-corrected chi connectivity index (χ3v) is 7.68. The van der Waals surface area contributed by atoms with Gasteiger partial charge < -0.3 is 4.74 Å². The number of carbonyl (C=O) groups excluding carboxylic acids is 1. The largest absolute Gasteiger partial charge is 0.488 e. The molecule has 1 aliphatic rings. The number of thiazole rings is 1. The van der Waals surface area contributed by atoms with Crippen molar-refractivity contribution in [1.82, 2.24) is 4.98 Å². The van der Waals surface area contributed by atoms with Crippen LogP contribution in [0.3, 0.4) is 0 Å². The van der Waals surface area contributed by atoms with E-state index < -0.39 is 20.7 Å². The Balaban J connectivity index is 1.52. The molecule has 1 amide bonds. The molecule has 0 radical (unpaired) electrons. The maximum Gasteiger partial charge on any atom is 0.269 e. The molecule has 0 fully saturated rings. The van der Waals surface area contributed by atoms with Crippen molar-refractivity contribution in [1.29, 1.82) is 0 Å². The van der Waals surface area contributed by atoms with E-state index in [0.29, 0.717) is 21.9 Å². The first-order valence-electron chi connectivity index (χ1n) is 8.64. The summed E-state index contributed by atoms with van der Waals surface area (Å²) >= 11 is 6.74. The lowest BCUT2D eigenvalue weighted by molar-refractivity contribution is -0.384. The third kappa shape index (κ3) is 4.29. The summed E-state index contributed by atoms with van der Waals surface area (Å²) < 4.78 is 30.9. The van der Waals surface area contributed by atoms with Crippen LogP contribution >= 0.6 is 22.9 Å². The summed E-state index contributed by atoms with van der Waals surface area (Å²) in [4.78, 5) is 26.5. The van der Waals surface area contributed by atoms with E-state index in [4.69, 9.17) is 16.3 Å². The van der Waals surface area contributed by atoms with Gasteiger partial charge in [0.15, 0.2) is 5.13 Å². The van der Waals surface area contributed by atoms with Crippen LogP contribution in [0.1, 0.15) is 5.56 Å². The maximum absolute atomic E-state index is 12.7. The number of nitrogens with zero attached hydrogens (tertiary/aromatic N) is 2. The number of nitro groups is 1. The molecule has 0 bridgehead atoms. The fourth-order valence-corrected chi connectivity index (χ4v) is 5.37. The number of amides is 1. The Morgan fingerprint density at radius 2 is 1.97 bits per heavy atom. The van der Waals surface area contributed by atoms with Gasteiger partial charge in [-0.05, 0) is 36.4 Å². The van der Waals surface area contributed by atoms with Crippen molar-refractivity contribution in [2.24, 2.45) is 0 Å². The smallest absolute Gasteiger partial charge is 0.269 e. The van der Waals surface area contributed by atoms with Crippen LogP contribution in [0.25, 0.3) is 6.08 Å². The van der Waals surface area contributed by atoms with Gasteiger partial charge in [0.05, 0.1) is 21.6 Å². The molecule has 2 aromatic carbocycles. The summed E-state index contributed by atoms with van der Waals surface area (Å²) in [6, 6.07) is 9.57. The minimum atomic E-state index is -3.94. The highest BCUT2D eigenvalue weighted by Crippen LogP contribution is 2.31. The van der Waals surface area contributed by atoms with Gasteiger partial charge in [0, 0.05) is 22.7 Å². The molecular weight excluding hydrogens is 466 g/mol. The van der Waals surface area contributed by atoms with Crippen LogP contribution in [0.4, 0.5) is 10.8 Å². The number of fused-ring (bicyclic) bond motifs is 1. The van der Waals surface area contributed by atoms with E-state index in [9.17, 15) is 23.3 Å². The van der Waals surface area contributed by atoms with Crippen molar-refractivity contribution in [3.63, 3.8) is 0 Å². The molecule has 0 aliphatic carbocycles. The van der Waals surface area contributed by atoms with Gasteiger partial charge in [0.2, 0.25) is 9.84 Å². The molecule has 9 nitrogen and oxygen atoms in total. The summed E-state index contributed by atoms with van der Waals surface area (Å²) in [5.41, 5.74) is 0.760. The van der Waals surface area contributed by atoms with Crippen molar-refractivity contribution in [2.45, 2.75) is 9.10 Å². The first-order chi connectivity index (χ1) is 14.7. The molecule has 0 spiro atoms. The number of anilines is 1. The van der Waals surface area contributed by atoms with Gasteiger partial charge in [0.1, 0.15) is 16.6 Å². The molecule has 158 valence electrons. The highest BCUT2D eigenvalue weighted by molar-refractivity contribution is 7.93. The van der Waals surface area contributed by atoms with Crippen molar-refractivity contribution in [3.05, 3.63) is 74.9 Å². The molecule has 0 atom stereocenters. The van der Waals surface area contributed by atoms with Crippen LogP contribution in [0.2, 0.25) is 5.02 Å². The van der Waals surface area contributed by atoms with Gasteiger partial charge in [0.25, 0.3) is 11.6 Å². The number of nitro benzene ring substituents is 1. The number of hydrogen-bond acceptors (Lipinski definition) is 8. The fraction of sp³-hybridized carbons (Fsp3) is 0.0526. The van der Waals surface area contributed by atoms with Crippen LogP contribution in [-0.2, 0) is 14.6 Å². The molecular formula is C19H12ClN3O6S2. The van der Waals surface area contributed by atoms with E-state index in [1.54, 1.807) is 24.3 Å². The predicted molar refractivity (Wildman–Crippen MR) is 114 cm³/mol. The van der Waals surface area contributed by atoms with E-state index in [1.807, 2.05) is 0 Å². The van der Waals surface area contributed by atoms with Crippen LogP contribution in [0.5, 0.6) is 5.75 Å². The minimum absolute atomic E-state index is 0.0415. The molecule has 1 aliphatic heterocycles. The predicted octanol–water partition coefficient (Wildman–Crippen LogP) is 3.95. The van der Waals surface area contributed by atoms with Gasteiger partial charge in [-0.25, -0.2) is 13.4 Å². The molecule has 4 rings (SSSR count). The molecule has 12 heteroatoms. The number of rotatable bonds is 5. The highest BCUT2D eigenvalue weighted by atomic mass is 35.5. The topological polar surface area (TPSA) is 128 Å². The molecule has 1 aromatic heterocycles. The zero-order valence-corrected chi connectivity index (χ0v) is 17.8. The van der Waals surface area contributed by atoms with E-state index in [-0.39, 0.29) is 26.5 Å². The zero-order valence-electron chi connectivity index (χ0n) is 15.4. The molecule has 3 aromatic rings.